The van der Waals surface area contributed by atoms with Gasteiger partial charge in [0, 0.05) is 24.0 Å². The average molecular weight is 443 g/mol. The van der Waals surface area contributed by atoms with Crippen LogP contribution in [0.25, 0.3) is 11.3 Å². The van der Waals surface area contributed by atoms with Crippen LogP contribution in [0.2, 0.25) is 5.02 Å². The van der Waals surface area contributed by atoms with Crippen molar-refractivity contribution < 1.29 is 4.79 Å². The number of para-hydroxylation sites is 1. The van der Waals surface area contributed by atoms with Gasteiger partial charge in [-0.1, -0.05) is 53.6 Å². The fraction of sp³-hybridized carbons (Fsp3) is 0.304. The zero-order valence-electron chi connectivity index (χ0n) is 17.7. The van der Waals surface area contributed by atoms with Crippen molar-refractivity contribution >= 4 is 39.7 Å². The quantitative estimate of drug-likeness (QED) is 0.534. The molecule has 0 aliphatic heterocycles. The summed E-state index contributed by atoms with van der Waals surface area (Å²) in [5.74, 6) is -0.0659. The van der Waals surface area contributed by atoms with Crippen molar-refractivity contribution in [1.82, 2.24) is 15.2 Å². The van der Waals surface area contributed by atoms with Crippen LogP contribution in [-0.2, 0) is 4.79 Å². The van der Waals surface area contributed by atoms with E-state index in [1.807, 2.05) is 60.5 Å². The zero-order chi connectivity index (χ0) is 21.7. The summed E-state index contributed by atoms with van der Waals surface area (Å²) in [5.41, 5.74) is 3.90. The number of thiazole rings is 1. The predicted octanol–water partition coefficient (Wildman–Crippen LogP) is 4.98. The first kappa shape index (κ1) is 22.3. The van der Waals surface area contributed by atoms with Crippen LogP contribution in [0.5, 0.6) is 0 Å². The van der Waals surface area contributed by atoms with Gasteiger partial charge in [-0.05, 0) is 40.1 Å². The van der Waals surface area contributed by atoms with Crippen LogP contribution in [0.3, 0.4) is 0 Å². The molecule has 158 valence electrons. The van der Waals surface area contributed by atoms with E-state index >= 15 is 0 Å². The molecule has 3 aromatic rings. The van der Waals surface area contributed by atoms with Gasteiger partial charge in [0.1, 0.15) is 6.04 Å². The molecule has 0 saturated heterocycles. The van der Waals surface area contributed by atoms with Crippen LogP contribution in [0.4, 0.5) is 10.8 Å². The summed E-state index contributed by atoms with van der Waals surface area (Å²) in [6.45, 7) is 5.30. The minimum Gasteiger partial charge on any atom is -0.353 e. The molecule has 7 heteroatoms. The smallest absolute Gasteiger partial charge is 0.242 e. The number of nitrogens with zero attached hydrogens (tertiary/aromatic N) is 3. The first-order valence-corrected chi connectivity index (χ1v) is 11.1. The molecule has 30 heavy (non-hydrogen) atoms. The molecular weight excluding hydrogens is 416 g/mol. The van der Waals surface area contributed by atoms with Gasteiger partial charge in [0.15, 0.2) is 5.13 Å². The number of aromatic nitrogens is 1. The maximum Gasteiger partial charge on any atom is 0.242 e. The van der Waals surface area contributed by atoms with Crippen LogP contribution in [0.1, 0.15) is 12.5 Å². The molecule has 1 N–H and O–H groups in total. The number of halogens is 1. The van der Waals surface area contributed by atoms with E-state index < -0.39 is 6.04 Å². The maximum atomic E-state index is 12.9. The summed E-state index contributed by atoms with van der Waals surface area (Å²) in [6, 6.07) is 15.3. The number of benzene rings is 2. The van der Waals surface area contributed by atoms with Crippen molar-refractivity contribution in [1.29, 1.82) is 0 Å². The molecule has 1 atom stereocenters. The fourth-order valence-corrected chi connectivity index (χ4v) is 4.18. The molecular formula is C23H27ClN4OS. The van der Waals surface area contributed by atoms with Crippen molar-refractivity contribution in [2.24, 2.45) is 0 Å². The van der Waals surface area contributed by atoms with Gasteiger partial charge in [-0.3, -0.25) is 4.79 Å². The topological polar surface area (TPSA) is 48.5 Å². The predicted molar refractivity (Wildman–Crippen MR) is 127 cm³/mol. The number of rotatable bonds is 8. The van der Waals surface area contributed by atoms with Crippen molar-refractivity contribution in [2.75, 3.05) is 32.1 Å². The average Bonchev–Trinajstić information content (AvgIpc) is 3.19. The minimum atomic E-state index is -0.468. The van der Waals surface area contributed by atoms with E-state index in [4.69, 9.17) is 16.6 Å². The summed E-state index contributed by atoms with van der Waals surface area (Å²) in [5, 5.41) is 6.34. The second-order valence-corrected chi connectivity index (χ2v) is 8.72. The highest BCUT2D eigenvalue weighted by Crippen LogP contribution is 2.37. The molecule has 0 aliphatic rings. The summed E-state index contributed by atoms with van der Waals surface area (Å²) in [4.78, 5) is 21.7. The number of likely N-dealkylation sites (N-methyl/N-ethyl adjacent to an activating group) is 1. The lowest BCUT2D eigenvalue weighted by Gasteiger charge is -2.29. The van der Waals surface area contributed by atoms with Gasteiger partial charge in [-0.15, -0.1) is 11.3 Å². The number of carbonyl (C=O) groups excluding carboxylic acids is 1. The van der Waals surface area contributed by atoms with Crippen LogP contribution < -0.4 is 10.2 Å². The second kappa shape index (κ2) is 10.1. The third kappa shape index (κ3) is 5.39. The Balaban J connectivity index is 1.92. The van der Waals surface area contributed by atoms with E-state index in [0.717, 1.165) is 28.6 Å². The first-order valence-electron chi connectivity index (χ1n) is 9.85. The van der Waals surface area contributed by atoms with Crippen LogP contribution in [-0.4, -0.2) is 49.0 Å². The molecule has 0 unspecified atom stereocenters. The van der Waals surface area contributed by atoms with Gasteiger partial charge in [-0.2, -0.15) is 0 Å². The monoisotopic (exact) mass is 442 g/mol. The molecule has 1 aromatic heterocycles. The number of carbonyl (C=O) groups is 1. The largest absolute Gasteiger partial charge is 0.353 e. The minimum absolute atomic E-state index is 0.0659. The van der Waals surface area contributed by atoms with E-state index in [-0.39, 0.29) is 5.91 Å². The van der Waals surface area contributed by atoms with Crippen LogP contribution >= 0.6 is 22.9 Å². The number of anilines is 2. The summed E-state index contributed by atoms with van der Waals surface area (Å²) < 4.78 is 0. The Labute approximate surface area is 187 Å². The second-order valence-electron chi connectivity index (χ2n) is 7.47. The van der Waals surface area contributed by atoms with E-state index in [0.29, 0.717) is 11.6 Å². The van der Waals surface area contributed by atoms with Crippen molar-refractivity contribution in [3.05, 3.63) is 64.5 Å². The highest BCUT2D eigenvalue weighted by molar-refractivity contribution is 7.14. The Morgan fingerprint density at radius 2 is 1.87 bits per heavy atom. The lowest BCUT2D eigenvalue weighted by molar-refractivity contribution is -0.121. The molecule has 0 spiro atoms. The normalized spacial score (nSPS) is 12.1. The lowest BCUT2D eigenvalue weighted by Crippen LogP contribution is -2.44. The third-order valence-corrected chi connectivity index (χ3v) is 5.94. The Morgan fingerprint density at radius 3 is 2.53 bits per heavy atom. The fourth-order valence-electron chi connectivity index (χ4n) is 3.02. The highest BCUT2D eigenvalue weighted by atomic mass is 35.5. The Hall–Kier alpha value is -2.41. The molecule has 5 nitrogen and oxygen atoms in total. The Morgan fingerprint density at radius 1 is 1.17 bits per heavy atom. The van der Waals surface area contributed by atoms with E-state index in [1.165, 1.54) is 16.9 Å². The molecule has 0 saturated carbocycles. The lowest BCUT2D eigenvalue weighted by atomic mass is 10.1. The van der Waals surface area contributed by atoms with Gasteiger partial charge < -0.3 is 15.1 Å². The third-order valence-electron chi connectivity index (χ3n) is 4.78. The van der Waals surface area contributed by atoms with E-state index in [9.17, 15) is 4.79 Å². The van der Waals surface area contributed by atoms with E-state index in [2.05, 4.69) is 36.5 Å². The number of hydrogen-bond acceptors (Lipinski definition) is 5. The molecule has 3 rings (SSSR count). The molecule has 0 bridgehead atoms. The van der Waals surface area contributed by atoms with Gasteiger partial charge in [-0.25, -0.2) is 4.98 Å². The van der Waals surface area contributed by atoms with Crippen molar-refractivity contribution in [2.45, 2.75) is 19.9 Å². The standard InChI is InChI=1S/C23H27ClN4OS/c1-16-9-11-18(12-10-16)20-15-30-23(26-20)28(21-8-6-5-7-19(21)24)17(2)22(29)25-13-14-27(3)4/h5-12,15,17H,13-14H2,1-4H3,(H,25,29)/t17-/m1/s1. The number of amides is 1. The van der Waals surface area contributed by atoms with Gasteiger partial charge in [0.2, 0.25) is 5.91 Å². The molecule has 1 heterocycles. The zero-order valence-corrected chi connectivity index (χ0v) is 19.3. The van der Waals surface area contributed by atoms with Gasteiger partial charge in [0.05, 0.1) is 16.4 Å². The highest BCUT2D eigenvalue weighted by Gasteiger charge is 2.27. The van der Waals surface area contributed by atoms with Crippen molar-refractivity contribution in [3.8, 4) is 11.3 Å². The number of nitrogens with one attached hydrogen (secondary N) is 1. The van der Waals surface area contributed by atoms with Crippen LogP contribution in [0, 0.1) is 6.92 Å². The molecule has 0 aliphatic carbocycles. The molecule has 2 aromatic carbocycles. The van der Waals surface area contributed by atoms with Crippen molar-refractivity contribution in [3.63, 3.8) is 0 Å². The Kier molecular flexibility index (Phi) is 7.48. The SMILES string of the molecule is Cc1ccc(-c2csc(N(c3ccccc3Cl)[C@H](C)C(=O)NCCN(C)C)n2)cc1. The summed E-state index contributed by atoms with van der Waals surface area (Å²) in [6.07, 6.45) is 0. The number of aryl methyl sites for hydroxylation is 1. The first-order chi connectivity index (χ1) is 14.4. The summed E-state index contributed by atoms with van der Waals surface area (Å²) in [7, 11) is 3.96. The summed E-state index contributed by atoms with van der Waals surface area (Å²) >= 11 is 8.00. The molecule has 1 amide bonds. The molecule has 0 radical (unpaired) electrons. The maximum absolute atomic E-state index is 12.9. The van der Waals surface area contributed by atoms with Gasteiger partial charge >= 0.3 is 0 Å². The molecule has 0 fully saturated rings. The number of hydrogen-bond donors (Lipinski definition) is 1. The van der Waals surface area contributed by atoms with E-state index in [1.54, 1.807) is 0 Å². The van der Waals surface area contributed by atoms with Gasteiger partial charge in [0.25, 0.3) is 0 Å². The Bertz CT molecular complexity index is 987. The van der Waals surface area contributed by atoms with Crippen LogP contribution in [0.15, 0.2) is 53.9 Å².